The monoisotopic (exact) mass is 171 g/mol. The summed E-state index contributed by atoms with van der Waals surface area (Å²) in [6, 6.07) is 0. The van der Waals surface area contributed by atoms with Crippen molar-refractivity contribution in [1.29, 1.82) is 0 Å². The molecule has 0 fully saturated rings. The van der Waals surface area contributed by atoms with Crippen molar-refractivity contribution < 1.29 is 4.79 Å². The van der Waals surface area contributed by atoms with Crippen molar-refractivity contribution in [3.8, 4) is 0 Å². The predicted octanol–water partition coefficient (Wildman–Crippen LogP) is 2.34. The molecule has 0 aromatic carbocycles. The smallest absolute Gasteiger partial charge is 0.225 e. The van der Waals surface area contributed by atoms with Gasteiger partial charge in [0.25, 0.3) is 0 Å². The van der Waals surface area contributed by atoms with E-state index in [1.54, 1.807) is 0 Å². The van der Waals surface area contributed by atoms with Crippen LogP contribution in [0.1, 0.15) is 47.0 Å². The molecule has 0 bridgehead atoms. The van der Waals surface area contributed by atoms with Crippen LogP contribution in [0.5, 0.6) is 0 Å². The molecule has 2 heteroatoms. The molecule has 0 saturated carbocycles. The standard InChI is InChI=1S/C10H21NO/c1-5-7-8-11-9(12)10(3,4)6-2/h5-8H2,1-4H3,(H,11,12). The zero-order chi connectivity index (χ0) is 9.61. The Morgan fingerprint density at radius 2 is 1.92 bits per heavy atom. The Morgan fingerprint density at radius 1 is 1.33 bits per heavy atom. The Morgan fingerprint density at radius 3 is 2.33 bits per heavy atom. The lowest BCUT2D eigenvalue weighted by molar-refractivity contribution is -0.129. The second-order valence-corrected chi connectivity index (χ2v) is 3.85. The number of carbonyl (C=O) groups excluding carboxylic acids is 1. The topological polar surface area (TPSA) is 29.1 Å². The SMILES string of the molecule is CCCCNC(=O)C(C)(C)CC. The molecule has 2 nitrogen and oxygen atoms in total. The summed E-state index contributed by atoms with van der Waals surface area (Å²) in [6.45, 7) is 8.94. The fourth-order valence-electron chi connectivity index (χ4n) is 0.779. The van der Waals surface area contributed by atoms with Gasteiger partial charge >= 0.3 is 0 Å². The average molecular weight is 171 g/mol. The number of hydrogen-bond donors (Lipinski definition) is 1. The highest BCUT2D eigenvalue weighted by Gasteiger charge is 2.24. The predicted molar refractivity (Wildman–Crippen MR) is 52.0 cm³/mol. The fraction of sp³-hybridized carbons (Fsp3) is 0.900. The first-order chi connectivity index (χ1) is 5.54. The highest BCUT2D eigenvalue weighted by molar-refractivity contribution is 5.81. The molecule has 0 aromatic rings. The molecule has 0 aliphatic rings. The molecule has 0 aliphatic heterocycles. The quantitative estimate of drug-likeness (QED) is 0.632. The van der Waals surface area contributed by atoms with Gasteiger partial charge in [0.15, 0.2) is 0 Å². The van der Waals surface area contributed by atoms with Crippen LogP contribution in [0.2, 0.25) is 0 Å². The zero-order valence-corrected chi connectivity index (χ0v) is 8.74. The summed E-state index contributed by atoms with van der Waals surface area (Å²) in [5, 5.41) is 2.94. The van der Waals surface area contributed by atoms with Gasteiger partial charge in [-0.1, -0.05) is 34.1 Å². The lowest BCUT2D eigenvalue weighted by atomic mass is 9.89. The molecule has 0 spiro atoms. The first-order valence-corrected chi connectivity index (χ1v) is 4.83. The molecule has 72 valence electrons. The maximum atomic E-state index is 11.5. The van der Waals surface area contributed by atoms with Gasteiger partial charge < -0.3 is 5.32 Å². The van der Waals surface area contributed by atoms with Crippen LogP contribution in [0.15, 0.2) is 0 Å². The molecular weight excluding hydrogens is 150 g/mol. The summed E-state index contributed by atoms with van der Waals surface area (Å²) < 4.78 is 0. The third-order valence-electron chi connectivity index (χ3n) is 2.31. The molecule has 0 heterocycles. The maximum Gasteiger partial charge on any atom is 0.225 e. The summed E-state index contributed by atoms with van der Waals surface area (Å²) in [4.78, 5) is 11.5. The van der Waals surface area contributed by atoms with Crippen molar-refractivity contribution in [3.63, 3.8) is 0 Å². The third-order valence-corrected chi connectivity index (χ3v) is 2.31. The van der Waals surface area contributed by atoms with Gasteiger partial charge in [0.05, 0.1) is 0 Å². The van der Waals surface area contributed by atoms with Gasteiger partial charge in [-0.2, -0.15) is 0 Å². The molecule has 0 saturated heterocycles. The van der Waals surface area contributed by atoms with Crippen LogP contribution in [0.4, 0.5) is 0 Å². The number of carbonyl (C=O) groups is 1. The number of amides is 1. The Hall–Kier alpha value is -0.530. The molecule has 0 radical (unpaired) electrons. The van der Waals surface area contributed by atoms with Crippen molar-refractivity contribution >= 4 is 5.91 Å². The summed E-state index contributed by atoms with van der Waals surface area (Å²) >= 11 is 0. The van der Waals surface area contributed by atoms with E-state index in [4.69, 9.17) is 0 Å². The van der Waals surface area contributed by atoms with E-state index < -0.39 is 0 Å². The number of rotatable bonds is 5. The Bertz CT molecular complexity index is 141. The van der Waals surface area contributed by atoms with Crippen LogP contribution in [-0.4, -0.2) is 12.5 Å². The summed E-state index contributed by atoms with van der Waals surface area (Å²) in [7, 11) is 0. The lowest BCUT2D eigenvalue weighted by Crippen LogP contribution is -2.36. The van der Waals surface area contributed by atoms with Crippen LogP contribution < -0.4 is 5.32 Å². The van der Waals surface area contributed by atoms with E-state index in [1.165, 1.54) is 0 Å². The normalized spacial score (nSPS) is 11.3. The summed E-state index contributed by atoms with van der Waals surface area (Å²) in [5.41, 5.74) is -0.201. The van der Waals surface area contributed by atoms with E-state index in [9.17, 15) is 4.79 Å². The van der Waals surface area contributed by atoms with Gasteiger partial charge in [-0.05, 0) is 12.8 Å². The highest BCUT2D eigenvalue weighted by Crippen LogP contribution is 2.19. The van der Waals surface area contributed by atoms with Gasteiger partial charge in [0.1, 0.15) is 0 Å². The van der Waals surface area contributed by atoms with Crippen molar-refractivity contribution in [2.45, 2.75) is 47.0 Å². The van der Waals surface area contributed by atoms with Gasteiger partial charge in [0, 0.05) is 12.0 Å². The number of hydrogen-bond acceptors (Lipinski definition) is 1. The van der Waals surface area contributed by atoms with Crippen molar-refractivity contribution in [2.75, 3.05) is 6.54 Å². The minimum atomic E-state index is -0.201. The largest absolute Gasteiger partial charge is 0.356 e. The minimum absolute atomic E-state index is 0.179. The van der Waals surface area contributed by atoms with Crippen LogP contribution in [0, 0.1) is 5.41 Å². The van der Waals surface area contributed by atoms with Gasteiger partial charge in [0.2, 0.25) is 5.91 Å². The first-order valence-electron chi connectivity index (χ1n) is 4.83. The molecule has 1 N–H and O–H groups in total. The fourth-order valence-corrected chi connectivity index (χ4v) is 0.779. The van der Waals surface area contributed by atoms with E-state index in [1.807, 2.05) is 20.8 Å². The molecule has 0 rings (SSSR count). The number of nitrogens with one attached hydrogen (secondary N) is 1. The van der Waals surface area contributed by atoms with Gasteiger partial charge in [-0.25, -0.2) is 0 Å². The molecule has 0 aliphatic carbocycles. The molecule has 12 heavy (non-hydrogen) atoms. The van der Waals surface area contributed by atoms with E-state index in [2.05, 4.69) is 12.2 Å². The molecular formula is C10H21NO. The van der Waals surface area contributed by atoms with E-state index >= 15 is 0 Å². The molecule has 0 unspecified atom stereocenters. The first kappa shape index (κ1) is 11.5. The third kappa shape index (κ3) is 3.74. The Labute approximate surface area is 75.7 Å². The van der Waals surface area contributed by atoms with Crippen LogP contribution >= 0.6 is 0 Å². The van der Waals surface area contributed by atoms with Gasteiger partial charge in [-0.15, -0.1) is 0 Å². The van der Waals surface area contributed by atoms with Crippen molar-refractivity contribution in [1.82, 2.24) is 5.32 Å². The van der Waals surface area contributed by atoms with E-state index in [0.717, 1.165) is 25.8 Å². The summed E-state index contributed by atoms with van der Waals surface area (Å²) in [5.74, 6) is 0.179. The minimum Gasteiger partial charge on any atom is -0.356 e. The van der Waals surface area contributed by atoms with E-state index in [-0.39, 0.29) is 11.3 Å². The van der Waals surface area contributed by atoms with E-state index in [0.29, 0.717) is 0 Å². The number of unbranched alkanes of at least 4 members (excludes halogenated alkanes) is 1. The average Bonchev–Trinajstić information content (AvgIpc) is 2.05. The Balaban J connectivity index is 3.72. The van der Waals surface area contributed by atoms with Gasteiger partial charge in [-0.3, -0.25) is 4.79 Å². The van der Waals surface area contributed by atoms with Crippen LogP contribution in [-0.2, 0) is 4.79 Å². The zero-order valence-electron chi connectivity index (χ0n) is 8.74. The Kier molecular flexibility index (Phi) is 4.95. The van der Waals surface area contributed by atoms with Crippen molar-refractivity contribution in [3.05, 3.63) is 0 Å². The second-order valence-electron chi connectivity index (χ2n) is 3.85. The molecule has 1 amide bonds. The van der Waals surface area contributed by atoms with Crippen LogP contribution in [0.3, 0.4) is 0 Å². The molecule has 0 atom stereocenters. The second kappa shape index (κ2) is 5.18. The highest BCUT2D eigenvalue weighted by atomic mass is 16.2. The lowest BCUT2D eigenvalue weighted by Gasteiger charge is -2.21. The maximum absolute atomic E-state index is 11.5. The van der Waals surface area contributed by atoms with Crippen molar-refractivity contribution in [2.24, 2.45) is 5.41 Å². The molecule has 0 aromatic heterocycles. The van der Waals surface area contributed by atoms with Crippen LogP contribution in [0.25, 0.3) is 0 Å². The summed E-state index contributed by atoms with van der Waals surface area (Å²) in [6.07, 6.45) is 3.10.